The molecule has 0 amide bonds. The number of rotatable bonds is 9. The monoisotopic (exact) mass is 322 g/mol. The summed E-state index contributed by atoms with van der Waals surface area (Å²) in [6.07, 6.45) is 1.66. The van der Waals surface area contributed by atoms with Gasteiger partial charge in [0.2, 0.25) is 0 Å². The molecule has 24 heavy (non-hydrogen) atoms. The second-order valence-corrected chi connectivity index (χ2v) is 6.18. The molecule has 0 saturated carbocycles. The summed E-state index contributed by atoms with van der Waals surface area (Å²) in [5.74, 6) is 1.80. The van der Waals surface area contributed by atoms with Crippen LogP contribution in [0.4, 0.5) is 0 Å². The van der Waals surface area contributed by atoms with Crippen molar-refractivity contribution >= 4 is 0 Å². The van der Waals surface area contributed by atoms with E-state index in [1.807, 2.05) is 50.2 Å². The maximum absolute atomic E-state index is 5.90. The Morgan fingerprint density at radius 1 is 0.708 bits per heavy atom. The van der Waals surface area contributed by atoms with Crippen LogP contribution in [0.5, 0.6) is 11.5 Å². The van der Waals surface area contributed by atoms with E-state index >= 15 is 0 Å². The van der Waals surface area contributed by atoms with Crippen LogP contribution in [0.25, 0.3) is 0 Å². The van der Waals surface area contributed by atoms with Gasteiger partial charge in [0.25, 0.3) is 0 Å². The molecule has 2 aromatic rings. The van der Waals surface area contributed by atoms with E-state index in [4.69, 9.17) is 9.47 Å². The summed E-state index contributed by atoms with van der Waals surface area (Å²) in [7, 11) is 0. The molecule has 0 fully saturated rings. The van der Waals surface area contributed by atoms with Crippen LogP contribution < -0.4 is 9.47 Å². The van der Waals surface area contributed by atoms with Crippen LogP contribution in [0.3, 0.4) is 0 Å². The Morgan fingerprint density at radius 3 is 1.46 bits per heavy atom. The highest BCUT2D eigenvalue weighted by molar-refractivity contribution is 5.36. The van der Waals surface area contributed by atoms with Gasteiger partial charge in [-0.2, -0.15) is 0 Å². The quantitative estimate of drug-likeness (QED) is 0.456. The van der Waals surface area contributed by atoms with E-state index in [2.05, 4.69) is 25.3 Å². The van der Waals surface area contributed by atoms with Gasteiger partial charge in [-0.1, -0.05) is 60.7 Å². The first-order chi connectivity index (χ1) is 11.6. The third kappa shape index (κ3) is 5.62. The third-order valence-corrected chi connectivity index (χ3v) is 3.53. The number of ether oxygens (including phenoxy) is 2. The fraction of sp³-hybridized carbons (Fsp3) is 0.273. The Hall–Kier alpha value is -2.48. The molecule has 2 aromatic carbocycles. The fourth-order valence-electron chi connectivity index (χ4n) is 2.53. The average molecular weight is 322 g/mol. The number of allylic oxidation sites excluding steroid dienone is 2. The molecule has 0 N–H and O–H groups in total. The molecule has 0 heterocycles. The van der Waals surface area contributed by atoms with Gasteiger partial charge >= 0.3 is 0 Å². The van der Waals surface area contributed by atoms with Crippen LogP contribution in [0, 0.1) is 0 Å². The van der Waals surface area contributed by atoms with Crippen molar-refractivity contribution in [1.82, 2.24) is 0 Å². The Morgan fingerprint density at radius 2 is 1.08 bits per heavy atom. The summed E-state index contributed by atoms with van der Waals surface area (Å²) in [6, 6.07) is 16.2. The van der Waals surface area contributed by atoms with Gasteiger partial charge in [-0.05, 0) is 49.9 Å². The Balaban J connectivity index is 1.90. The number of hydrogen-bond acceptors (Lipinski definition) is 2. The van der Waals surface area contributed by atoms with Gasteiger partial charge < -0.3 is 9.47 Å². The van der Waals surface area contributed by atoms with Crippen molar-refractivity contribution in [2.45, 2.75) is 26.7 Å². The first-order valence-corrected chi connectivity index (χ1v) is 8.26. The lowest BCUT2D eigenvalue weighted by Gasteiger charge is -2.14. The fourth-order valence-corrected chi connectivity index (χ4v) is 2.53. The van der Waals surface area contributed by atoms with Crippen molar-refractivity contribution in [3.8, 4) is 11.5 Å². The third-order valence-electron chi connectivity index (χ3n) is 3.53. The summed E-state index contributed by atoms with van der Waals surface area (Å²) in [4.78, 5) is 0. The van der Waals surface area contributed by atoms with Gasteiger partial charge in [0.15, 0.2) is 0 Å². The van der Waals surface area contributed by atoms with Gasteiger partial charge in [0.1, 0.15) is 24.7 Å². The van der Waals surface area contributed by atoms with E-state index in [0.29, 0.717) is 13.2 Å². The smallest absolute Gasteiger partial charge is 0.122 e. The number of benzene rings is 2. The van der Waals surface area contributed by atoms with E-state index in [-0.39, 0.29) is 0 Å². The zero-order chi connectivity index (χ0) is 17.4. The molecular weight excluding hydrogens is 296 g/mol. The van der Waals surface area contributed by atoms with E-state index in [0.717, 1.165) is 46.6 Å². The van der Waals surface area contributed by atoms with Gasteiger partial charge in [-0.15, -0.1) is 0 Å². The first-order valence-electron chi connectivity index (χ1n) is 8.26. The highest BCUT2D eigenvalue weighted by Gasteiger charge is 2.05. The molecule has 0 spiro atoms. The van der Waals surface area contributed by atoms with Crippen molar-refractivity contribution in [2.75, 3.05) is 13.2 Å². The normalized spacial score (nSPS) is 10.2. The van der Waals surface area contributed by atoms with Crippen molar-refractivity contribution in [3.05, 3.63) is 84.0 Å². The van der Waals surface area contributed by atoms with Crippen molar-refractivity contribution < 1.29 is 9.47 Å². The Kier molecular flexibility index (Phi) is 6.68. The molecule has 0 saturated heterocycles. The van der Waals surface area contributed by atoms with Gasteiger partial charge in [-0.25, -0.2) is 0 Å². The highest BCUT2D eigenvalue weighted by atomic mass is 16.5. The lowest BCUT2D eigenvalue weighted by atomic mass is 10.1. The molecule has 2 rings (SSSR count). The van der Waals surface area contributed by atoms with Gasteiger partial charge in [-0.3, -0.25) is 0 Å². The van der Waals surface area contributed by atoms with Crippen LogP contribution in [0.2, 0.25) is 0 Å². The average Bonchev–Trinajstić information content (AvgIpc) is 2.53. The molecule has 2 heteroatoms. The van der Waals surface area contributed by atoms with E-state index in [1.165, 1.54) is 0 Å². The molecule has 2 nitrogen and oxygen atoms in total. The minimum absolute atomic E-state index is 0.509. The summed E-state index contributed by atoms with van der Waals surface area (Å²) < 4.78 is 11.8. The van der Waals surface area contributed by atoms with E-state index in [9.17, 15) is 0 Å². The first kappa shape index (κ1) is 17.9. The summed E-state index contributed by atoms with van der Waals surface area (Å²) >= 11 is 0. The Labute approximate surface area is 145 Å². The molecule has 0 unspecified atom stereocenters. The molecular formula is C22H26O2. The molecule has 0 aliphatic carbocycles. The van der Waals surface area contributed by atoms with Crippen LogP contribution in [0.1, 0.15) is 25.0 Å². The van der Waals surface area contributed by atoms with Crippen LogP contribution in [-0.2, 0) is 12.8 Å². The second-order valence-electron chi connectivity index (χ2n) is 6.18. The molecule has 0 aliphatic rings. The van der Waals surface area contributed by atoms with Crippen molar-refractivity contribution in [3.63, 3.8) is 0 Å². The topological polar surface area (TPSA) is 18.5 Å². The predicted octanol–water partition coefficient (Wildman–Crippen LogP) is 5.38. The van der Waals surface area contributed by atoms with Gasteiger partial charge in [0, 0.05) is 0 Å². The largest absolute Gasteiger partial charge is 0.490 e. The minimum atomic E-state index is 0.509. The van der Waals surface area contributed by atoms with Crippen molar-refractivity contribution in [1.29, 1.82) is 0 Å². The lowest BCUT2D eigenvalue weighted by Crippen LogP contribution is -2.11. The molecule has 0 radical (unpaired) electrons. The molecule has 0 bridgehead atoms. The Bertz CT molecular complexity index is 639. The van der Waals surface area contributed by atoms with Crippen LogP contribution >= 0.6 is 0 Å². The minimum Gasteiger partial charge on any atom is -0.490 e. The number of para-hydroxylation sites is 2. The number of hydrogen-bond donors (Lipinski definition) is 0. The highest BCUT2D eigenvalue weighted by Crippen LogP contribution is 2.22. The SMILES string of the molecule is C=C(C)Cc1ccccc1OCCOc1ccccc1CC(=C)C. The van der Waals surface area contributed by atoms with Crippen molar-refractivity contribution in [2.24, 2.45) is 0 Å². The zero-order valence-corrected chi connectivity index (χ0v) is 14.7. The lowest BCUT2D eigenvalue weighted by molar-refractivity contribution is 0.215. The second kappa shape index (κ2) is 8.97. The summed E-state index contributed by atoms with van der Waals surface area (Å²) in [5.41, 5.74) is 4.56. The van der Waals surface area contributed by atoms with E-state index < -0.39 is 0 Å². The van der Waals surface area contributed by atoms with Gasteiger partial charge in [0.05, 0.1) is 0 Å². The molecule has 0 atom stereocenters. The molecule has 0 aromatic heterocycles. The molecule has 0 aliphatic heterocycles. The van der Waals surface area contributed by atoms with Crippen LogP contribution in [-0.4, -0.2) is 13.2 Å². The standard InChI is InChI=1S/C22H26O2/c1-17(2)15-19-9-5-7-11-21(19)23-13-14-24-22-12-8-6-10-20(22)16-18(3)4/h5-12H,1,3,13-16H2,2,4H3. The predicted molar refractivity (Wildman–Crippen MR) is 101 cm³/mol. The maximum atomic E-state index is 5.90. The van der Waals surface area contributed by atoms with E-state index in [1.54, 1.807) is 0 Å². The maximum Gasteiger partial charge on any atom is 0.122 e. The summed E-state index contributed by atoms with van der Waals surface area (Å²) in [5, 5.41) is 0. The summed E-state index contributed by atoms with van der Waals surface area (Å²) in [6.45, 7) is 13.0. The van der Waals surface area contributed by atoms with Crippen LogP contribution in [0.15, 0.2) is 72.8 Å². The molecule has 126 valence electrons. The zero-order valence-electron chi connectivity index (χ0n) is 14.7.